The lowest BCUT2D eigenvalue weighted by molar-refractivity contribution is -0.254. The predicted molar refractivity (Wildman–Crippen MR) is 64.0 cm³/mol. The van der Waals surface area contributed by atoms with Crippen LogP contribution in [0.25, 0.3) is 10.8 Å². The van der Waals surface area contributed by atoms with Gasteiger partial charge >= 0.3 is 0 Å². The van der Waals surface area contributed by atoms with Gasteiger partial charge in [-0.15, -0.1) is 0 Å². The smallest absolute Gasteiger partial charge is 0.129 e. The lowest BCUT2D eigenvalue weighted by Gasteiger charge is -2.13. The number of ether oxygens (including phenoxy) is 1. The van der Waals surface area contributed by atoms with Crippen molar-refractivity contribution in [2.24, 2.45) is 0 Å². The van der Waals surface area contributed by atoms with E-state index in [1.165, 1.54) is 0 Å². The number of hydrogen-bond acceptors (Lipinski definition) is 3. The lowest BCUT2D eigenvalue weighted by atomic mass is 10.0. The van der Waals surface area contributed by atoms with Gasteiger partial charge in [0, 0.05) is 5.56 Å². The van der Waals surface area contributed by atoms with Gasteiger partial charge in [-0.1, -0.05) is 43.0 Å². The van der Waals surface area contributed by atoms with Crippen LogP contribution < -0.4 is 9.84 Å². The van der Waals surface area contributed by atoms with E-state index in [0.29, 0.717) is 11.1 Å². The molecule has 0 bridgehead atoms. The zero-order valence-corrected chi connectivity index (χ0v) is 9.18. The number of carbonyl (C=O) groups is 1. The molecule has 0 aromatic heterocycles. The first kappa shape index (κ1) is 11.2. The van der Waals surface area contributed by atoms with Crippen LogP contribution in [-0.4, -0.2) is 12.6 Å². The third-order valence-corrected chi connectivity index (χ3v) is 2.45. The zero-order chi connectivity index (χ0) is 12.3. The summed E-state index contributed by atoms with van der Waals surface area (Å²) < 4.78 is 5.32. The monoisotopic (exact) mass is 227 g/mol. The van der Waals surface area contributed by atoms with Gasteiger partial charge in [-0.25, -0.2) is 0 Å². The van der Waals surface area contributed by atoms with Crippen molar-refractivity contribution in [1.82, 2.24) is 0 Å². The van der Waals surface area contributed by atoms with Gasteiger partial charge in [0.15, 0.2) is 0 Å². The van der Waals surface area contributed by atoms with Crippen molar-refractivity contribution < 1.29 is 14.6 Å². The second kappa shape index (κ2) is 4.70. The minimum atomic E-state index is -1.24. The number of carboxylic acids is 1. The summed E-state index contributed by atoms with van der Waals surface area (Å²) in [7, 11) is 0. The van der Waals surface area contributed by atoms with E-state index in [2.05, 4.69) is 6.58 Å². The van der Waals surface area contributed by atoms with Crippen LogP contribution in [0.3, 0.4) is 0 Å². The normalized spacial score (nSPS) is 10.1. The molecule has 17 heavy (non-hydrogen) atoms. The largest absolute Gasteiger partial charge is 0.545 e. The van der Waals surface area contributed by atoms with E-state index >= 15 is 0 Å². The quantitative estimate of drug-likeness (QED) is 0.748. The molecule has 0 aliphatic carbocycles. The highest BCUT2D eigenvalue weighted by Gasteiger charge is 2.09. The molecule has 86 valence electrons. The Balaban J connectivity index is 2.64. The van der Waals surface area contributed by atoms with Crippen LogP contribution in [0.4, 0.5) is 0 Å². The van der Waals surface area contributed by atoms with Gasteiger partial charge < -0.3 is 14.6 Å². The van der Waals surface area contributed by atoms with Crippen molar-refractivity contribution in [1.29, 1.82) is 0 Å². The van der Waals surface area contributed by atoms with Gasteiger partial charge in [0.25, 0.3) is 0 Å². The van der Waals surface area contributed by atoms with Gasteiger partial charge in [-0.3, -0.25) is 0 Å². The van der Waals surface area contributed by atoms with E-state index in [-0.39, 0.29) is 12.2 Å². The summed E-state index contributed by atoms with van der Waals surface area (Å²) in [4.78, 5) is 11.2. The molecule has 0 spiro atoms. The molecule has 0 amide bonds. The van der Waals surface area contributed by atoms with Crippen LogP contribution >= 0.6 is 0 Å². The summed E-state index contributed by atoms with van der Waals surface area (Å²) in [5, 5.41) is 12.6. The molecule has 2 aromatic carbocycles. The maximum Gasteiger partial charge on any atom is 0.129 e. The summed E-state index contributed by atoms with van der Waals surface area (Å²) in [6.07, 6.45) is 1.56. The predicted octanol–water partition coefficient (Wildman–Crippen LogP) is 1.77. The molecule has 0 unspecified atom stereocenters. The SMILES string of the molecule is C=CCOc1ccc2ccccc2c1C(=O)[O-]. The summed E-state index contributed by atoms with van der Waals surface area (Å²) in [5.41, 5.74) is 0.0879. The number of aromatic carboxylic acids is 1. The zero-order valence-electron chi connectivity index (χ0n) is 9.18. The van der Waals surface area contributed by atoms with Gasteiger partial charge in [-0.05, 0) is 16.8 Å². The van der Waals surface area contributed by atoms with Gasteiger partial charge in [0.1, 0.15) is 12.4 Å². The van der Waals surface area contributed by atoms with Crippen LogP contribution in [0.2, 0.25) is 0 Å². The summed E-state index contributed by atoms with van der Waals surface area (Å²) in [6, 6.07) is 10.7. The number of carbonyl (C=O) groups excluding carboxylic acids is 1. The van der Waals surface area contributed by atoms with Gasteiger partial charge in [-0.2, -0.15) is 0 Å². The minimum absolute atomic E-state index is 0.0879. The number of benzene rings is 2. The second-order valence-corrected chi connectivity index (χ2v) is 3.55. The van der Waals surface area contributed by atoms with Gasteiger partial charge in [0.2, 0.25) is 0 Å². The molecule has 0 fully saturated rings. The number of carboxylic acid groups (broad SMARTS) is 1. The molecular formula is C14H11O3-. The first-order chi connectivity index (χ1) is 8.24. The fourth-order valence-corrected chi connectivity index (χ4v) is 1.73. The molecule has 0 radical (unpaired) electrons. The molecule has 3 heteroatoms. The van der Waals surface area contributed by atoms with Crippen molar-refractivity contribution >= 4 is 16.7 Å². The molecular weight excluding hydrogens is 216 g/mol. The first-order valence-corrected chi connectivity index (χ1v) is 5.21. The molecule has 0 saturated heterocycles. The van der Waals surface area contributed by atoms with Crippen molar-refractivity contribution in [3.05, 3.63) is 54.6 Å². The van der Waals surface area contributed by atoms with Crippen LogP contribution in [-0.2, 0) is 0 Å². The van der Waals surface area contributed by atoms with Crippen LogP contribution in [0, 0.1) is 0 Å². The molecule has 0 saturated carbocycles. The van der Waals surface area contributed by atoms with Crippen LogP contribution in [0.1, 0.15) is 10.4 Å². The van der Waals surface area contributed by atoms with Crippen molar-refractivity contribution in [3.8, 4) is 5.75 Å². The van der Waals surface area contributed by atoms with Gasteiger partial charge in [0.05, 0.1) is 5.97 Å². The Kier molecular flexibility index (Phi) is 3.10. The third kappa shape index (κ3) is 2.13. The lowest BCUT2D eigenvalue weighted by Crippen LogP contribution is -2.23. The van der Waals surface area contributed by atoms with E-state index < -0.39 is 5.97 Å². The Hall–Kier alpha value is -2.29. The molecule has 0 N–H and O–H groups in total. The Morgan fingerprint density at radius 3 is 2.76 bits per heavy atom. The summed E-state index contributed by atoms with van der Waals surface area (Å²) in [5.74, 6) is -0.926. The molecule has 0 aliphatic heterocycles. The average molecular weight is 227 g/mol. The standard InChI is InChI=1S/C14H12O3/c1-2-9-17-12-8-7-10-5-3-4-6-11(10)13(12)14(15)16/h2-8H,1,9H2,(H,15,16)/p-1. The Labute approximate surface area is 99.0 Å². The van der Waals surface area contributed by atoms with E-state index in [0.717, 1.165) is 5.39 Å². The fraction of sp³-hybridized carbons (Fsp3) is 0.0714. The molecule has 2 rings (SSSR count). The van der Waals surface area contributed by atoms with Crippen LogP contribution in [0.5, 0.6) is 5.75 Å². The fourth-order valence-electron chi connectivity index (χ4n) is 1.73. The molecule has 0 aliphatic rings. The summed E-state index contributed by atoms with van der Waals surface area (Å²) in [6.45, 7) is 3.79. The highest BCUT2D eigenvalue weighted by molar-refractivity contribution is 6.05. The van der Waals surface area contributed by atoms with Crippen molar-refractivity contribution in [3.63, 3.8) is 0 Å². The Morgan fingerprint density at radius 2 is 2.06 bits per heavy atom. The maximum atomic E-state index is 11.2. The van der Waals surface area contributed by atoms with Crippen LogP contribution in [0.15, 0.2) is 49.1 Å². The van der Waals surface area contributed by atoms with Crippen molar-refractivity contribution in [2.45, 2.75) is 0 Å². The molecule has 3 nitrogen and oxygen atoms in total. The second-order valence-electron chi connectivity index (χ2n) is 3.55. The first-order valence-electron chi connectivity index (χ1n) is 5.21. The minimum Gasteiger partial charge on any atom is -0.545 e. The highest BCUT2D eigenvalue weighted by Crippen LogP contribution is 2.27. The number of fused-ring (bicyclic) bond motifs is 1. The topological polar surface area (TPSA) is 49.4 Å². The average Bonchev–Trinajstić information content (AvgIpc) is 2.35. The molecule has 0 atom stereocenters. The number of hydrogen-bond donors (Lipinski definition) is 0. The highest BCUT2D eigenvalue weighted by atomic mass is 16.5. The summed E-state index contributed by atoms with van der Waals surface area (Å²) >= 11 is 0. The number of rotatable bonds is 4. The van der Waals surface area contributed by atoms with E-state index in [1.807, 2.05) is 18.2 Å². The molecule has 0 heterocycles. The van der Waals surface area contributed by atoms with Crippen molar-refractivity contribution in [2.75, 3.05) is 6.61 Å². The Morgan fingerprint density at radius 1 is 1.29 bits per heavy atom. The van der Waals surface area contributed by atoms with E-state index in [9.17, 15) is 9.90 Å². The Bertz CT molecular complexity index is 573. The maximum absolute atomic E-state index is 11.2. The van der Waals surface area contributed by atoms with E-state index in [4.69, 9.17) is 4.74 Å². The van der Waals surface area contributed by atoms with E-state index in [1.54, 1.807) is 24.3 Å². The third-order valence-electron chi connectivity index (χ3n) is 2.45. The molecule has 2 aromatic rings.